The van der Waals surface area contributed by atoms with Gasteiger partial charge < -0.3 is 5.32 Å². The molecule has 1 amide bonds. The third-order valence-electron chi connectivity index (χ3n) is 3.32. The summed E-state index contributed by atoms with van der Waals surface area (Å²) < 4.78 is 1.70. The van der Waals surface area contributed by atoms with Gasteiger partial charge in [-0.05, 0) is 24.5 Å². The first-order chi connectivity index (χ1) is 9.26. The van der Waals surface area contributed by atoms with Crippen LogP contribution in [0.2, 0.25) is 0 Å². The van der Waals surface area contributed by atoms with E-state index in [-0.39, 0.29) is 5.91 Å². The van der Waals surface area contributed by atoms with Gasteiger partial charge in [-0.15, -0.1) is 11.6 Å². The van der Waals surface area contributed by atoms with Crippen LogP contribution >= 0.6 is 11.6 Å². The molecule has 0 aliphatic carbocycles. The Balaban J connectivity index is 2.04. The number of halogens is 1. The van der Waals surface area contributed by atoms with Crippen LogP contribution in [-0.4, -0.2) is 27.9 Å². The average molecular weight is 280 g/mol. The molecule has 0 aliphatic heterocycles. The summed E-state index contributed by atoms with van der Waals surface area (Å²) in [5.74, 6) is 0.989. The molecule has 0 saturated heterocycles. The topological polar surface area (TPSA) is 46.4 Å². The number of nitrogens with one attached hydrogen (secondary N) is 1. The Morgan fingerprint density at radius 1 is 1.53 bits per heavy atom. The smallest absolute Gasteiger partial charge is 0.255 e. The van der Waals surface area contributed by atoms with E-state index in [1.165, 1.54) is 0 Å². The molecular formula is C14H18ClN3O. The molecule has 0 spiro atoms. The second-order valence-electron chi connectivity index (χ2n) is 4.55. The average Bonchev–Trinajstić information content (AvgIpc) is 2.87. The molecule has 2 heterocycles. The van der Waals surface area contributed by atoms with Crippen LogP contribution in [0.5, 0.6) is 0 Å². The molecule has 0 fully saturated rings. The molecule has 1 unspecified atom stereocenters. The van der Waals surface area contributed by atoms with Gasteiger partial charge in [0, 0.05) is 18.6 Å². The molecule has 102 valence electrons. The molecule has 2 aromatic heterocycles. The lowest BCUT2D eigenvalue weighted by molar-refractivity contribution is 0.0948. The van der Waals surface area contributed by atoms with Crippen LogP contribution in [0.15, 0.2) is 30.6 Å². The lowest BCUT2D eigenvalue weighted by atomic mass is 10.0. The first-order valence-corrected chi connectivity index (χ1v) is 7.06. The fourth-order valence-corrected chi connectivity index (χ4v) is 2.36. The number of hydrogen-bond acceptors (Lipinski definition) is 2. The minimum atomic E-state index is -0.0748. The fraction of sp³-hybridized carbons (Fsp3) is 0.429. The molecule has 0 saturated carbocycles. The standard InChI is InChI=1S/C14H18ClN3O/c1-2-11(6-7-15)9-16-14(19)12-10-17-18-8-4-3-5-13(12)18/h3-5,8,10-11H,2,6-7,9H2,1H3,(H,16,19). The van der Waals surface area contributed by atoms with Crippen LogP contribution in [-0.2, 0) is 0 Å². The van der Waals surface area contributed by atoms with Gasteiger partial charge in [0.2, 0.25) is 0 Å². The Kier molecular flexibility index (Phi) is 4.80. The SMILES string of the molecule is CCC(CCCl)CNC(=O)c1cnn2ccccc12. The van der Waals surface area contributed by atoms with Crippen molar-refractivity contribution >= 4 is 23.0 Å². The predicted octanol–water partition coefficient (Wildman–Crippen LogP) is 2.72. The van der Waals surface area contributed by atoms with Gasteiger partial charge in [-0.25, -0.2) is 4.52 Å². The highest BCUT2D eigenvalue weighted by molar-refractivity contribution is 6.17. The van der Waals surface area contributed by atoms with Crippen molar-refractivity contribution in [2.45, 2.75) is 19.8 Å². The number of carbonyl (C=O) groups is 1. The van der Waals surface area contributed by atoms with Crippen molar-refractivity contribution in [3.8, 4) is 0 Å². The van der Waals surface area contributed by atoms with Gasteiger partial charge in [-0.2, -0.15) is 5.10 Å². The summed E-state index contributed by atoms with van der Waals surface area (Å²) in [6.45, 7) is 2.77. The number of carbonyl (C=O) groups excluding carboxylic acids is 1. The van der Waals surface area contributed by atoms with Gasteiger partial charge in [0.1, 0.15) is 0 Å². The zero-order chi connectivity index (χ0) is 13.7. The molecular weight excluding hydrogens is 262 g/mol. The third kappa shape index (κ3) is 3.26. The molecule has 2 aromatic rings. The van der Waals surface area contributed by atoms with E-state index in [9.17, 15) is 4.79 Å². The predicted molar refractivity (Wildman–Crippen MR) is 76.6 cm³/mol. The van der Waals surface area contributed by atoms with Gasteiger partial charge in [-0.3, -0.25) is 4.79 Å². The highest BCUT2D eigenvalue weighted by Gasteiger charge is 2.13. The molecule has 0 aromatic carbocycles. The molecule has 0 aliphatic rings. The van der Waals surface area contributed by atoms with E-state index in [4.69, 9.17) is 11.6 Å². The van der Waals surface area contributed by atoms with Crippen molar-refractivity contribution in [3.63, 3.8) is 0 Å². The van der Waals surface area contributed by atoms with Crippen molar-refractivity contribution in [3.05, 3.63) is 36.2 Å². The molecule has 1 N–H and O–H groups in total. The van der Waals surface area contributed by atoms with Gasteiger partial charge in [-0.1, -0.05) is 19.4 Å². The molecule has 0 radical (unpaired) electrons. The molecule has 1 atom stereocenters. The Morgan fingerprint density at radius 3 is 3.11 bits per heavy atom. The zero-order valence-corrected chi connectivity index (χ0v) is 11.7. The largest absolute Gasteiger partial charge is 0.352 e. The van der Waals surface area contributed by atoms with Gasteiger partial charge in [0.25, 0.3) is 5.91 Å². The van der Waals surface area contributed by atoms with Crippen LogP contribution < -0.4 is 5.32 Å². The van der Waals surface area contributed by atoms with E-state index < -0.39 is 0 Å². The number of aromatic nitrogens is 2. The second-order valence-corrected chi connectivity index (χ2v) is 4.93. The monoisotopic (exact) mass is 279 g/mol. The van der Waals surface area contributed by atoms with Crippen molar-refractivity contribution in [2.75, 3.05) is 12.4 Å². The maximum Gasteiger partial charge on any atom is 0.255 e. The molecule has 4 nitrogen and oxygen atoms in total. The zero-order valence-electron chi connectivity index (χ0n) is 11.0. The van der Waals surface area contributed by atoms with Crippen LogP contribution in [0, 0.1) is 5.92 Å². The van der Waals surface area contributed by atoms with E-state index in [2.05, 4.69) is 17.3 Å². The van der Waals surface area contributed by atoms with Crippen molar-refractivity contribution in [2.24, 2.45) is 5.92 Å². The quantitative estimate of drug-likeness (QED) is 0.827. The van der Waals surface area contributed by atoms with Crippen LogP contribution in [0.25, 0.3) is 5.52 Å². The van der Waals surface area contributed by atoms with Crippen molar-refractivity contribution in [1.82, 2.24) is 14.9 Å². The summed E-state index contributed by atoms with van der Waals surface area (Å²) in [6.07, 6.45) is 5.37. The maximum absolute atomic E-state index is 12.1. The molecule has 19 heavy (non-hydrogen) atoms. The summed E-state index contributed by atoms with van der Waals surface area (Å²) in [4.78, 5) is 12.1. The van der Waals surface area contributed by atoms with Crippen molar-refractivity contribution < 1.29 is 4.79 Å². The lowest BCUT2D eigenvalue weighted by Gasteiger charge is -2.13. The highest BCUT2D eigenvalue weighted by atomic mass is 35.5. The number of amides is 1. The van der Waals surface area contributed by atoms with Gasteiger partial charge in [0.15, 0.2) is 0 Å². The number of rotatable bonds is 6. The maximum atomic E-state index is 12.1. The first kappa shape index (κ1) is 13.9. The van der Waals surface area contributed by atoms with Crippen LogP contribution in [0.4, 0.5) is 0 Å². The fourth-order valence-electron chi connectivity index (χ4n) is 2.05. The summed E-state index contributed by atoms with van der Waals surface area (Å²) in [6, 6.07) is 5.67. The molecule has 0 bridgehead atoms. The van der Waals surface area contributed by atoms with Gasteiger partial charge in [0.05, 0.1) is 17.3 Å². The molecule has 5 heteroatoms. The van der Waals surface area contributed by atoms with E-state index in [0.29, 0.717) is 23.9 Å². The van der Waals surface area contributed by atoms with Crippen molar-refractivity contribution in [1.29, 1.82) is 0 Å². The number of alkyl halides is 1. The summed E-state index contributed by atoms with van der Waals surface area (Å²) in [7, 11) is 0. The summed E-state index contributed by atoms with van der Waals surface area (Å²) in [5, 5.41) is 7.12. The third-order valence-corrected chi connectivity index (χ3v) is 3.54. The number of pyridine rings is 1. The molecule has 2 rings (SSSR count). The normalized spacial score (nSPS) is 12.5. The number of hydrogen-bond donors (Lipinski definition) is 1. The number of fused-ring (bicyclic) bond motifs is 1. The van der Waals surface area contributed by atoms with Crippen LogP contribution in [0.1, 0.15) is 30.1 Å². The van der Waals surface area contributed by atoms with E-state index in [1.807, 2.05) is 24.4 Å². The highest BCUT2D eigenvalue weighted by Crippen LogP contribution is 2.11. The minimum absolute atomic E-state index is 0.0748. The van der Waals surface area contributed by atoms with E-state index in [1.54, 1.807) is 10.7 Å². The minimum Gasteiger partial charge on any atom is -0.352 e. The lowest BCUT2D eigenvalue weighted by Crippen LogP contribution is -2.29. The van der Waals surface area contributed by atoms with Gasteiger partial charge >= 0.3 is 0 Å². The summed E-state index contributed by atoms with van der Waals surface area (Å²) >= 11 is 5.74. The Hall–Kier alpha value is -1.55. The summed E-state index contributed by atoms with van der Waals surface area (Å²) in [5.41, 5.74) is 1.44. The Morgan fingerprint density at radius 2 is 2.37 bits per heavy atom. The second kappa shape index (κ2) is 6.57. The van der Waals surface area contributed by atoms with E-state index in [0.717, 1.165) is 18.4 Å². The van der Waals surface area contributed by atoms with E-state index >= 15 is 0 Å². The number of nitrogens with zero attached hydrogens (tertiary/aromatic N) is 2. The first-order valence-electron chi connectivity index (χ1n) is 6.52. The van der Waals surface area contributed by atoms with Crippen LogP contribution in [0.3, 0.4) is 0 Å². The Bertz CT molecular complexity index is 552. The Labute approximate surface area is 117 Å².